The summed E-state index contributed by atoms with van der Waals surface area (Å²) in [6.07, 6.45) is 0. The average Bonchev–Trinajstić information content (AvgIpc) is 2.62. The number of hydrogen-bond acceptors (Lipinski definition) is 4. The van der Waals surface area contributed by atoms with Gasteiger partial charge in [-0.25, -0.2) is 8.78 Å². The van der Waals surface area contributed by atoms with E-state index in [1.807, 2.05) is 0 Å². The van der Waals surface area contributed by atoms with Gasteiger partial charge in [-0.2, -0.15) is 8.78 Å². The molecule has 2 rings (SSSR count). The van der Waals surface area contributed by atoms with Gasteiger partial charge in [-0.05, 0) is 30.3 Å². The number of rotatable bonds is 7. The molecule has 0 saturated heterocycles. The molecule has 2 aromatic carbocycles. The van der Waals surface area contributed by atoms with Crippen LogP contribution in [0.2, 0.25) is 0 Å². The van der Waals surface area contributed by atoms with E-state index in [-0.39, 0.29) is 22.7 Å². The maximum atomic E-state index is 13.5. The van der Waals surface area contributed by atoms with Gasteiger partial charge >= 0.3 is 6.61 Å². The summed E-state index contributed by atoms with van der Waals surface area (Å²) >= 11 is 0. The fraction of sp³-hybridized carbons (Fsp3) is 0.176. The lowest BCUT2D eigenvalue weighted by molar-refractivity contribution is -0.115. The van der Waals surface area contributed by atoms with Gasteiger partial charge in [-0.1, -0.05) is 0 Å². The maximum Gasteiger partial charge on any atom is 0.387 e. The van der Waals surface area contributed by atoms with Gasteiger partial charge < -0.3 is 20.1 Å². The molecule has 2 aromatic rings. The van der Waals surface area contributed by atoms with Crippen molar-refractivity contribution < 1.29 is 36.6 Å². The number of carbonyl (C=O) groups excluding carboxylic acids is 2. The van der Waals surface area contributed by atoms with E-state index in [9.17, 15) is 27.2 Å². The number of nitrogens with one attached hydrogen (secondary N) is 2. The second-order valence-corrected chi connectivity index (χ2v) is 5.10. The Morgan fingerprint density at radius 1 is 1.07 bits per heavy atom. The quantitative estimate of drug-likeness (QED) is 0.718. The molecule has 0 aliphatic heterocycles. The number of ether oxygens (including phenoxy) is 2. The fourth-order valence-electron chi connectivity index (χ4n) is 2.05. The second-order valence-electron chi connectivity index (χ2n) is 5.10. The third kappa shape index (κ3) is 5.59. The van der Waals surface area contributed by atoms with Gasteiger partial charge in [0.2, 0.25) is 5.91 Å². The molecule has 0 unspecified atom stereocenters. The minimum Gasteiger partial charge on any atom is -0.493 e. The molecule has 0 radical (unpaired) electrons. The zero-order valence-corrected chi connectivity index (χ0v) is 13.9. The normalized spacial score (nSPS) is 10.4. The van der Waals surface area contributed by atoms with Gasteiger partial charge in [0.1, 0.15) is 11.6 Å². The van der Waals surface area contributed by atoms with Crippen LogP contribution in [0.15, 0.2) is 36.4 Å². The SMILES string of the molecule is COc1cc(C(=O)NCC(=O)Nc2ccc(F)cc2F)ccc1OC(F)F. The van der Waals surface area contributed by atoms with Crippen molar-refractivity contribution in [2.45, 2.75) is 6.61 Å². The third-order valence-corrected chi connectivity index (χ3v) is 3.26. The molecular weight excluding hydrogens is 372 g/mol. The van der Waals surface area contributed by atoms with Gasteiger partial charge in [-0.15, -0.1) is 0 Å². The Labute approximate surface area is 151 Å². The molecule has 0 bridgehead atoms. The monoisotopic (exact) mass is 386 g/mol. The minimum atomic E-state index is -3.06. The lowest BCUT2D eigenvalue weighted by Crippen LogP contribution is -2.33. The first kappa shape index (κ1) is 20.0. The summed E-state index contributed by atoms with van der Waals surface area (Å²) in [6, 6.07) is 6.08. The first-order chi connectivity index (χ1) is 12.8. The molecule has 0 spiro atoms. The van der Waals surface area contributed by atoms with Crippen molar-refractivity contribution in [3.05, 3.63) is 53.6 Å². The van der Waals surface area contributed by atoms with E-state index in [4.69, 9.17) is 4.74 Å². The number of carbonyl (C=O) groups is 2. The number of anilines is 1. The second kappa shape index (κ2) is 8.88. The highest BCUT2D eigenvalue weighted by molar-refractivity contribution is 5.99. The Balaban J connectivity index is 1.97. The first-order valence-corrected chi connectivity index (χ1v) is 7.46. The van der Waals surface area contributed by atoms with Crippen molar-refractivity contribution in [2.24, 2.45) is 0 Å². The third-order valence-electron chi connectivity index (χ3n) is 3.26. The molecule has 0 atom stereocenters. The molecule has 2 N–H and O–H groups in total. The fourth-order valence-corrected chi connectivity index (χ4v) is 2.05. The van der Waals surface area contributed by atoms with Crippen LogP contribution in [0.4, 0.5) is 23.2 Å². The number of methoxy groups -OCH3 is 1. The summed E-state index contributed by atoms with van der Waals surface area (Å²) < 4.78 is 60.0. The van der Waals surface area contributed by atoms with Gasteiger partial charge in [0.05, 0.1) is 19.3 Å². The summed E-state index contributed by atoms with van der Waals surface area (Å²) in [7, 11) is 1.21. The Morgan fingerprint density at radius 3 is 2.44 bits per heavy atom. The topological polar surface area (TPSA) is 76.7 Å². The van der Waals surface area contributed by atoms with Crippen molar-refractivity contribution in [1.29, 1.82) is 0 Å². The molecule has 0 saturated carbocycles. The van der Waals surface area contributed by atoms with Crippen molar-refractivity contribution >= 4 is 17.5 Å². The van der Waals surface area contributed by atoms with Crippen molar-refractivity contribution in [3.8, 4) is 11.5 Å². The first-order valence-electron chi connectivity index (χ1n) is 7.46. The largest absolute Gasteiger partial charge is 0.493 e. The van der Waals surface area contributed by atoms with Crippen LogP contribution in [0.25, 0.3) is 0 Å². The number of benzene rings is 2. The number of hydrogen-bond donors (Lipinski definition) is 2. The predicted molar refractivity (Wildman–Crippen MR) is 86.9 cm³/mol. The van der Waals surface area contributed by atoms with Crippen molar-refractivity contribution in [2.75, 3.05) is 19.0 Å². The van der Waals surface area contributed by atoms with Crippen LogP contribution in [0.1, 0.15) is 10.4 Å². The summed E-state index contributed by atoms with van der Waals surface area (Å²) in [5, 5.41) is 4.44. The lowest BCUT2D eigenvalue weighted by atomic mass is 10.2. The minimum absolute atomic E-state index is 0.0224. The molecule has 0 aliphatic carbocycles. The van der Waals surface area contributed by atoms with Crippen molar-refractivity contribution in [1.82, 2.24) is 5.32 Å². The van der Waals surface area contributed by atoms with Crippen LogP contribution < -0.4 is 20.1 Å². The van der Waals surface area contributed by atoms with Crippen LogP contribution in [-0.2, 0) is 4.79 Å². The number of amides is 2. The van der Waals surface area contributed by atoms with Crippen LogP contribution in [0.5, 0.6) is 11.5 Å². The van der Waals surface area contributed by atoms with E-state index < -0.39 is 36.6 Å². The van der Waals surface area contributed by atoms with E-state index in [0.29, 0.717) is 6.07 Å². The van der Waals surface area contributed by atoms with Crippen LogP contribution >= 0.6 is 0 Å². The molecule has 0 fully saturated rings. The molecule has 144 valence electrons. The zero-order chi connectivity index (χ0) is 20.0. The Hall–Kier alpha value is -3.30. The maximum absolute atomic E-state index is 13.5. The lowest BCUT2D eigenvalue weighted by Gasteiger charge is -2.12. The Bertz CT molecular complexity index is 846. The summed E-state index contributed by atoms with van der Waals surface area (Å²) in [6.45, 7) is -3.57. The molecule has 0 aromatic heterocycles. The van der Waals surface area contributed by atoms with E-state index >= 15 is 0 Å². The van der Waals surface area contributed by atoms with E-state index in [1.54, 1.807) is 0 Å². The molecule has 0 aliphatic rings. The predicted octanol–water partition coefficient (Wildman–Crippen LogP) is 2.94. The van der Waals surface area contributed by atoms with Gasteiger partial charge in [0, 0.05) is 11.6 Å². The molecule has 6 nitrogen and oxygen atoms in total. The molecular formula is C17H14F4N2O4. The highest BCUT2D eigenvalue weighted by Crippen LogP contribution is 2.29. The zero-order valence-electron chi connectivity index (χ0n) is 13.9. The van der Waals surface area contributed by atoms with Gasteiger partial charge in [0.25, 0.3) is 5.91 Å². The van der Waals surface area contributed by atoms with Crippen molar-refractivity contribution in [3.63, 3.8) is 0 Å². The summed E-state index contributed by atoms with van der Waals surface area (Å²) in [5.41, 5.74) is -0.222. The summed E-state index contributed by atoms with van der Waals surface area (Å²) in [5.74, 6) is -3.57. The van der Waals surface area contributed by atoms with Crippen LogP contribution in [0.3, 0.4) is 0 Å². The van der Waals surface area contributed by atoms with E-state index in [1.165, 1.54) is 13.2 Å². The van der Waals surface area contributed by atoms with E-state index in [0.717, 1.165) is 24.3 Å². The molecule has 2 amide bonds. The highest BCUT2D eigenvalue weighted by atomic mass is 19.3. The van der Waals surface area contributed by atoms with Gasteiger partial charge in [0.15, 0.2) is 11.5 Å². The summed E-state index contributed by atoms with van der Waals surface area (Å²) in [4.78, 5) is 23.8. The van der Waals surface area contributed by atoms with E-state index in [2.05, 4.69) is 15.4 Å². The van der Waals surface area contributed by atoms with Crippen LogP contribution in [0, 0.1) is 11.6 Å². The Morgan fingerprint density at radius 2 is 1.81 bits per heavy atom. The standard InChI is InChI=1S/C17H14F4N2O4/c1-26-14-6-9(2-5-13(14)27-17(20)21)16(25)22-8-15(24)23-12-4-3-10(18)7-11(12)19/h2-7,17H,8H2,1H3,(H,22,25)(H,23,24). The average molecular weight is 386 g/mol. The van der Waals surface area contributed by atoms with Gasteiger partial charge in [-0.3, -0.25) is 9.59 Å². The number of alkyl halides is 2. The molecule has 0 heterocycles. The highest BCUT2D eigenvalue weighted by Gasteiger charge is 2.15. The molecule has 27 heavy (non-hydrogen) atoms. The molecule has 10 heteroatoms. The van der Waals surface area contributed by atoms with Crippen LogP contribution in [-0.4, -0.2) is 32.1 Å². The Kier molecular flexibility index (Phi) is 6.58. The smallest absolute Gasteiger partial charge is 0.387 e. The number of halogens is 4.